The summed E-state index contributed by atoms with van der Waals surface area (Å²) in [6.07, 6.45) is 8.31. The number of hydrogen-bond donors (Lipinski definition) is 1. The summed E-state index contributed by atoms with van der Waals surface area (Å²) in [5.74, 6) is -0.740. The Kier molecular flexibility index (Phi) is 22.6. The molecule has 1 aromatic rings. The highest BCUT2D eigenvalue weighted by Crippen LogP contribution is 2.09. The number of rotatable bonds is 13. The van der Waals surface area contributed by atoms with Crippen molar-refractivity contribution in [1.82, 2.24) is 5.32 Å². The Morgan fingerprint density at radius 1 is 1.03 bits per heavy atom. The second-order valence-electron chi connectivity index (χ2n) is 6.89. The van der Waals surface area contributed by atoms with Crippen LogP contribution in [0.2, 0.25) is 0 Å². The van der Waals surface area contributed by atoms with E-state index < -0.39 is 18.3 Å². The van der Waals surface area contributed by atoms with Gasteiger partial charge in [-0.15, -0.1) is 6.58 Å². The van der Waals surface area contributed by atoms with E-state index in [9.17, 15) is 9.59 Å². The van der Waals surface area contributed by atoms with Gasteiger partial charge in [-0.3, -0.25) is 9.59 Å². The molecule has 0 saturated carbocycles. The van der Waals surface area contributed by atoms with Gasteiger partial charge in [0.15, 0.2) is 0 Å². The van der Waals surface area contributed by atoms with Gasteiger partial charge in [-0.25, -0.2) is 0 Å². The molecule has 0 bridgehead atoms. The molecule has 31 heavy (non-hydrogen) atoms. The Balaban J connectivity index is 0. The summed E-state index contributed by atoms with van der Waals surface area (Å²) in [6, 6.07) is 9.23. The average molecular weight is 436 g/mol. The van der Waals surface area contributed by atoms with E-state index in [1.807, 2.05) is 50.3 Å². The second kappa shape index (κ2) is 22.5. The first-order chi connectivity index (χ1) is 15.0. The molecule has 0 aliphatic carbocycles. The summed E-state index contributed by atoms with van der Waals surface area (Å²) in [6.45, 7) is 13.3. The lowest BCUT2D eigenvalue weighted by molar-refractivity contribution is -0.185. The first-order valence-corrected chi connectivity index (χ1v) is 11.7. The zero-order chi connectivity index (χ0) is 23.9. The number of benzene rings is 1. The van der Waals surface area contributed by atoms with Crippen molar-refractivity contribution in [2.24, 2.45) is 0 Å². The fourth-order valence-electron chi connectivity index (χ4n) is 2.54. The van der Waals surface area contributed by atoms with E-state index in [1.165, 1.54) is 12.8 Å². The number of carbonyl (C=O) groups is 2. The van der Waals surface area contributed by atoms with E-state index in [-0.39, 0.29) is 5.97 Å². The first-order valence-electron chi connectivity index (χ1n) is 11.7. The molecule has 0 radical (unpaired) electrons. The number of hydrogen-bond acceptors (Lipinski definition) is 5. The molecule has 5 nitrogen and oxygen atoms in total. The van der Waals surface area contributed by atoms with Crippen molar-refractivity contribution in [2.45, 2.75) is 98.3 Å². The normalized spacial score (nSPS) is 11.5. The molecular weight excluding hydrogens is 390 g/mol. The number of carbonyl (C=O) groups excluding carboxylic acids is 2. The van der Waals surface area contributed by atoms with Crippen LogP contribution in [0.15, 0.2) is 43.0 Å². The molecular formula is C26H45NO4. The van der Waals surface area contributed by atoms with Crippen LogP contribution in [0.25, 0.3) is 0 Å². The Hall–Kier alpha value is -2.14. The third-order valence-electron chi connectivity index (χ3n) is 4.27. The van der Waals surface area contributed by atoms with E-state index in [0.29, 0.717) is 12.8 Å². The van der Waals surface area contributed by atoms with Crippen LogP contribution in [-0.4, -0.2) is 31.3 Å². The van der Waals surface area contributed by atoms with Crippen LogP contribution < -0.4 is 5.32 Å². The van der Waals surface area contributed by atoms with Crippen LogP contribution in [0.5, 0.6) is 0 Å². The molecule has 0 fully saturated rings. The van der Waals surface area contributed by atoms with Gasteiger partial charge >= 0.3 is 11.9 Å². The SMILES string of the molecule is C=CCC.CC.CCCCCCCC(=O)OC(C)OC(=O)C(Cc1ccccc1)NC. The Morgan fingerprint density at radius 2 is 1.61 bits per heavy atom. The topological polar surface area (TPSA) is 64.6 Å². The summed E-state index contributed by atoms with van der Waals surface area (Å²) in [7, 11) is 1.71. The second-order valence-corrected chi connectivity index (χ2v) is 6.89. The van der Waals surface area contributed by atoms with Gasteiger partial charge in [0, 0.05) is 13.3 Å². The van der Waals surface area contributed by atoms with Gasteiger partial charge in [0.05, 0.1) is 0 Å². The molecule has 0 spiro atoms. The molecule has 1 N–H and O–H groups in total. The van der Waals surface area contributed by atoms with Crippen molar-refractivity contribution in [3.05, 3.63) is 48.6 Å². The van der Waals surface area contributed by atoms with E-state index in [2.05, 4.69) is 25.7 Å². The highest BCUT2D eigenvalue weighted by Gasteiger charge is 2.22. The number of esters is 2. The average Bonchev–Trinajstić information content (AvgIpc) is 2.79. The maximum Gasteiger partial charge on any atom is 0.326 e. The summed E-state index contributed by atoms with van der Waals surface area (Å²) in [5, 5.41) is 2.95. The molecule has 178 valence electrons. The molecule has 1 aromatic carbocycles. The van der Waals surface area contributed by atoms with E-state index in [1.54, 1.807) is 14.0 Å². The summed E-state index contributed by atoms with van der Waals surface area (Å²) in [5.41, 5.74) is 1.04. The molecule has 0 aliphatic heterocycles. The molecule has 1 rings (SSSR count). The van der Waals surface area contributed by atoms with E-state index >= 15 is 0 Å². The fourth-order valence-corrected chi connectivity index (χ4v) is 2.54. The zero-order valence-electron chi connectivity index (χ0n) is 20.6. The third kappa shape index (κ3) is 18.4. The minimum absolute atomic E-state index is 0.319. The van der Waals surface area contributed by atoms with Crippen molar-refractivity contribution < 1.29 is 19.1 Å². The van der Waals surface area contributed by atoms with Crippen LogP contribution in [0.3, 0.4) is 0 Å². The minimum Gasteiger partial charge on any atom is -0.425 e. The number of allylic oxidation sites excluding steroid dienone is 1. The lowest BCUT2D eigenvalue weighted by Gasteiger charge is -2.19. The van der Waals surface area contributed by atoms with Gasteiger partial charge in [-0.05, 0) is 31.9 Å². The van der Waals surface area contributed by atoms with Gasteiger partial charge in [0.25, 0.3) is 0 Å². The third-order valence-corrected chi connectivity index (χ3v) is 4.27. The molecule has 2 atom stereocenters. The first kappa shape index (κ1) is 31.0. The molecule has 2 unspecified atom stereocenters. The number of nitrogens with one attached hydrogen (secondary N) is 1. The lowest BCUT2D eigenvalue weighted by atomic mass is 10.1. The van der Waals surface area contributed by atoms with Crippen molar-refractivity contribution in [3.8, 4) is 0 Å². The molecule has 0 saturated heterocycles. The van der Waals surface area contributed by atoms with Crippen LogP contribution >= 0.6 is 0 Å². The number of unbranched alkanes of at least 4 members (excludes halogenated alkanes) is 4. The van der Waals surface area contributed by atoms with Gasteiger partial charge in [0.2, 0.25) is 6.29 Å². The summed E-state index contributed by atoms with van der Waals surface area (Å²) in [4.78, 5) is 24.0. The van der Waals surface area contributed by atoms with E-state index in [4.69, 9.17) is 9.47 Å². The van der Waals surface area contributed by atoms with Crippen molar-refractivity contribution in [1.29, 1.82) is 0 Å². The van der Waals surface area contributed by atoms with Crippen LogP contribution in [0, 0.1) is 0 Å². The lowest BCUT2D eigenvalue weighted by Crippen LogP contribution is -2.39. The Morgan fingerprint density at radius 3 is 2.13 bits per heavy atom. The highest BCUT2D eigenvalue weighted by molar-refractivity contribution is 5.76. The van der Waals surface area contributed by atoms with Crippen LogP contribution in [0.4, 0.5) is 0 Å². The molecule has 0 heterocycles. The molecule has 0 amide bonds. The van der Waals surface area contributed by atoms with Gasteiger partial charge < -0.3 is 14.8 Å². The van der Waals surface area contributed by atoms with Crippen molar-refractivity contribution in [3.63, 3.8) is 0 Å². The fraction of sp³-hybridized carbons (Fsp3) is 0.615. The van der Waals surface area contributed by atoms with E-state index in [0.717, 1.165) is 31.2 Å². The summed E-state index contributed by atoms with van der Waals surface area (Å²) >= 11 is 0. The largest absolute Gasteiger partial charge is 0.425 e. The highest BCUT2D eigenvalue weighted by atomic mass is 16.7. The predicted molar refractivity (Wildman–Crippen MR) is 130 cm³/mol. The van der Waals surface area contributed by atoms with Crippen LogP contribution in [0.1, 0.15) is 85.1 Å². The molecule has 5 heteroatoms. The van der Waals surface area contributed by atoms with Crippen molar-refractivity contribution >= 4 is 11.9 Å². The van der Waals surface area contributed by atoms with Crippen LogP contribution in [-0.2, 0) is 25.5 Å². The van der Waals surface area contributed by atoms with Crippen molar-refractivity contribution in [2.75, 3.05) is 7.05 Å². The van der Waals surface area contributed by atoms with Gasteiger partial charge in [-0.1, -0.05) is 89.8 Å². The smallest absolute Gasteiger partial charge is 0.326 e. The quantitative estimate of drug-likeness (QED) is 0.172. The molecule has 0 aliphatic rings. The monoisotopic (exact) mass is 435 g/mol. The maximum absolute atomic E-state index is 12.2. The van der Waals surface area contributed by atoms with Gasteiger partial charge in [-0.2, -0.15) is 0 Å². The Bertz CT molecular complexity index is 560. The zero-order valence-corrected chi connectivity index (χ0v) is 20.6. The minimum atomic E-state index is -0.873. The number of ether oxygens (including phenoxy) is 2. The Labute approximate surface area is 190 Å². The predicted octanol–water partition coefficient (Wildman–Crippen LogP) is 6.22. The molecule has 0 aromatic heterocycles. The number of likely N-dealkylation sites (N-methyl/N-ethyl adjacent to an activating group) is 1. The van der Waals surface area contributed by atoms with Gasteiger partial charge in [0.1, 0.15) is 6.04 Å². The maximum atomic E-state index is 12.2. The standard InChI is InChI=1S/C20H31NO4.C4H8.C2H6/c1-4-5-6-7-11-14-19(22)24-16(2)25-20(23)18(21-3)15-17-12-9-8-10-13-17;1-3-4-2;1-2/h8-10,12-13,16,18,21H,4-7,11,14-15H2,1-3H3;3H,1,4H2,2H3;1-2H3. The summed E-state index contributed by atoms with van der Waals surface area (Å²) < 4.78 is 10.4.